The van der Waals surface area contributed by atoms with Gasteiger partial charge in [0.05, 0.1) is 5.56 Å². The molecular formula is C32H34N2O4. The first kappa shape index (κ1) is 28.2. The molecular weight excluding hydrogens is 476 g/mol. The second-order valence-corrected chi connectivity index (χ2v) is 8.93. The van der Waals surface area contributed by atoms with Gasteiger partial charge in [0.2, 0.25) is 11.8 Å². The lowest BCUT2D eigenvalue weighted by Crippen LogP contribution is -2.53. The molecule has 0 radical (unpaired) electrons. The molecule has 0 heterocycles. The Bertz CT molecular complexity index is 1200. The second kappa shape index (κ2) is 14.4. The molecule has 38 heavy (non-hydrogen) atoms. The Morgan fingerprint density at radius 1 is 0.711 bits per heavy atom. The molecule has 6 nitrogen and oxygen atoms in total. The number of nitrogens with zero attached hydrogens (tertiary/aromatic N) is 2. The molecule has 0 aliphatic rings. The van der Waals surface area contributed by atoms with Crippen LogP contribution in [0.2, 0.25) is 0 Å². The van der Waals surface area contributed by atoms with Crippen LogP contribution < -0.4 is 9.80 Å². The minimum Gasteiger partial charge on any atom is -0.478 e. The molecule has 0 aliphatic carbocycles. The highest BCUT2D eigenvalue weighted by Crippen LogP contribution is 2.26. The van der Waals surface area contributed by atoms with Gasteiger partial charge in [-0.3, -0.25) is 19.4 Å². The number of unbranched alkanes of at least 4 members (excludes halogenated alkanes) is 2. The van der Waals surface area contributed by atoms with E-state index in [1.807, 2.05) is 74.5 Å². The van der Waals surface area contributed by atoms with E-state index >= 15 is 0 Å². The molecule has 0 saturated heterocycles. The fraction of sp³-hybridized carbons (Fsp3) is 0.281. The van der Waals surface area contributed by atoms with Crippen molar-refractivity contribution >= 4 is 29.2 Å². The van der Waals surface area contributed by atoms with E-state index in [0.29, 0.717) is 42.6 Å². The number of benzene rings is 3. The van der Waals surface area contributed by atoms with Gasteiger partial charge in [0.15, 0.2) is 6.17 Å². The summed E-state index contributed by atoms with van der Waals surface area (Å²) in [5.74, 6) is 5.05. The van der Waals surface area contributed by atoms with Crippen LogP contribution in [0.15, 0.2) is 84.9 Å². The maximum absolute atomic E-state index is 13.7. The van der Waals surface area contributed by atoms with Gasteiger partial charge in [-0.05, 0) is 67.3 Å². The predicted octanol–water partition coefficient (Wildman–Crippen LogP) is 6.51. The zero-order chi connectivity index (χ0) is 27.3. The quantitative estimate of drug-likeness (QED) is 0.236. The molecule has 0 spiro atoms. The van der Waals surface area contributed by atoms with Crippen molar-refractivity contribution in [2.45, 2.75) is 58.5 Å². The lowest BCUT2D eigenvalue weighted by Gasteiger charge is -2.37. The Balaban J connectivity index is 2.19. The third-order valence-electron chi connectivity index (χ3n) is 6.06. The van der Waals surface area contributed by atoms with Gasteiger partial charge < -0.3 is 5.11 Å². The van der Waals surface area contributed by atoms with Crippen molar-refractivity contribution in [1.82, 2.24) is 0 Å². The van der Waals surface area contributed by atoms with Crippen molar-refractivity contribution in [2.75, 3.05) is 9.80 Å². The highest BCUT2D eigenvalue weighted by atomic mass is 16.4. The Morgan fingerprint density at radius 2 is 1.16 bits per heavy atom. The zero-order valence-corrected chi connectivity index (χ0v) is 22.0. The molecule has 0 unspecified atom stereocenters. The van der Waals surface area contributed by atoms with Gasteiger partial charge in [-0.15, -0.1) is 0 Å². The van der Waals surface area contributed by atoms with Gasteiger partial charge in [0.25, 0.3) is 0 Å². The van der Waals surface area contributed by atoms with E-state index in [-0.39, 0.29) is 17.4 Å². The van der Waals surface area contributed by atoms with Gasteiger partial charge in [-0.2, -0.15) is 0 Å². The SMILES string of the molecule is CCCCC(=O)N(c1ccccc1)C(C#Cc1ccc(C(=O)O)cc1)N(C(=O)CCCC)c1ccccc1. The zero-order valence-electron chi connectivity index (χ0n) is 22.0. The highest BCUT2D eigenvalue weighted by molar-refractivity contribution is 6.00. The maximum atomic E-state index is 13.7. The molecule has 0 bridgehead atoms. The topological polar surface area (TPSA) is 77.9 Å². The number of rotatable bonds is 11. The number of hydrogen-bond donors (Lipinski definition) is 1. The minimum atomic E-state index is -1.02. The number of hydrogen-bond acceptors (Lipinski definition) is 3. The average molecular weight is 511 g/mol. The van der Waals surface area contributed by atoms with Crippen LogP contribution in [0, 0.1) is 11.8 Å². The predicted molar refractivity (Wildman–Crippen MR) is 151 cm³/mol. The standard InChI is InChI=1S/C32H34N2O4/c1-3-5-17-30(35)33(27-13-9-7-10-14-27)29(24-21-25-19-22-26(23-20-25)32(37)38)34(31(36)18-6-4-2)28-15-11-8-12-16-28/h7-16,19-20,22-23,29H,3-6,17-18H2,1-2H3,(H,37,38). The monoisotopic (exact) mass is 510 g/mol. The van der Waals surface area contributed by atoms with Gasteiger partial charge in [0, 0.05) is 29.8 Å². The molecule has 6 heteroatoms. The summed E-state index contributed by atoms with van der Waals surface area (Å²) in [6, 6.07) is 24.8. The number of carboxylic acids is 1. The van der Waals surface area contributed by atoms with Crippen LogP contribution in [0.5, 0.6) is 0 Å². The summed E-state index contributed by atoms with van der Waals surface area (Å²) in [6.45, 7) is 4.06. The van der Waals surface area contributed by atoms with Crippen LogP contribution in [0.4, 0.5) is 11.4 Å². The number of carbonyl (C=O) groups is 3. The third-order valence-corrected chi connectivity index (χ3v) is 6.06. The summed E-state index contributed by atoms with van der Waals surface area (Å²) in [5, 5.41) is 9.23. The molecule has 196 valence electrons. The van der Waals surface area contributed by atoms with Crippen molar-refractivity contribution in [2.24, 2.45) is 0 Å². The fourth-order valence-electron chi connectivity index (χ4n) is 4.01. The maximum Gasteiger partial charge on any atom is 0.335 e. The smallest absolute Gasteiger partial charge is 0.335 e. The van der Waals surface area contributed by atoms with Crippen molar-refractivity contribution in [1.29, 1.82) is 0 Å². The molecule has 0 aliphatic heterocycles. The molecule has 0 saturated carbocycles. The Labute approximate surface area is 224 Å². The molecule has 3 aromatic carbocycles. The molecule has 1 N–H and O–H groups in total. The van der Waals surface area contributed by atoms with Crippen LogP contribution in [0.1, 0.15) is 68.3 Å². The third kappa shape index (κ3) is 7.57. The number of amides is 2. The Morgan fingerprint density at radius 3 is 1.55 bits per heavy atom. The normalized spacial score (nSPS) is 10.4. The lowest BCUT2D eigenvalue weighted by atomic mass is 10.1. The van der Waals surface area contributed by atoms with Crippen LogP contribution in [-0.2, 0) is 9.59 Å². The van der Waals surface area contributed by atoms with Gasteiger partial charge in [-0.1, -0.05) is 69.0 Å². The fourth-order valence-corrected chi connectivity index (χ4v) is 4.01. The summed E-state index contributed by atoms with van der Waals surface area (Å²) >= 11 is 0. The summed E-state index contributed by atoms with van der Waals surface area (Å²) in [7, 11) is 0. The Hall–Kier alpha value is -4.37. The van der Waals surface area contributed by atoms with E-state index < -0.39 is 12.1 Å². The van der Waals surface area contributed by atoms with E-state index in [1.54, 1.807) is 21.9 Å². The van der Waals surface area contributed by atoms with E-state index in [4.69, 9.17) is 0 Å². The van der Waals surface area contributed by atoms with Crippen molar-refractivity contribution in [3.8, 4) is 11.8 Å². The average Bonchev–Trinajstić information content (AvgIpc) is 2.95. The first-order valence-corrected chi connectivity index (χ1v) is 13.0. The number of para-hydroxylation sites is 2. The summed E-state index contributed by atoms with van der Waals surface area (Å²) < 4.78 is 0. The number of aromatic carboxylic acids is 1. The van der Waals surface area contributed by atoms with Crippen LogP contribution in [-0.4, -0.2) is 29.1 Å². The van der Waals surface area contributed by atoms with Gasteiger partial charge in [-0.25, -0.2) is 4.79 Å². The van der Waals surface area contributed by atoms with Crippen LogP contribution in [0.3, 0.4) is 0 Å². The lowest BCUT2D eigenvalue weighted by molar-refractivity contribution is -0.120. The van der Waals surface area contributed by atoms with Gasteiger partial charge >= 0.3 is 5.97 Å². The van der Waals surface area contributed by atoms with Crippen LogP contribution in [0.25, 0.3) is 0 Å². The second-order valence-electron chi connectivity index (χ2n) is 8.93. The first-order valence-electron chi connectivity index (χ1n) is 13.0. The molecule has 0 aromatic heterocycles. The van der Waals surface area contributed by atoms with Crippen molar-refractivity contribution in [3.05, 3.63) is 96.1 Å². The summed E-state index contributed by atoms with van der Waals surface area (Å²) in [5.41, 5.74) is 2.05. The largest absolute Gasteiger partial charge is 0.478 e. The van der Waals surface area contributed by atoms with Crippen LogP contribution >= 0.6 is 0 Å². The van der Waals surface area contributed by atoms with Crippen molar-refractivity contribution < 1.29 is 19.5 Å². The Kier molecular flexibility index (Phi) is 10.7. The van der Waals surface area contributed by atoms with E-state index in [9.17, 15) is 19.5 Å². The van der Waals surface area contributed by atoms with E-state index in [0.717, 1.165) is 12.8 Å². The minimum absolute atomic E-state index is 0.122. The number of anilines is 2. The van der Waals surface area contributed by atoms with Crippen molar-refractivity contribution in [3.63, 3.8) is 0 Å². The molecule has 0 fully saturated rings. The first-order chi connectivity index (χ1) is 18.5. The van der Waals surface area contributed by atoms with E-state index in [2.05, 4.69) is 11.8 Å². The summed E-state index contributed by atoms with van der Waals surface area (Å²) in [4.78, 5) is 41.9. The molecule has 2 amide bonds. The highest BCUT2D eigenvalue weighted by Gasteiger charge is 2.32. The number of carbonyl (C=O) groups excluding carboxylic acids is 2. The summed E-state index contributed by atoms with van der Waals surface area (Å²) in [6.07, 6.45) is 2.89. The molecule has 3 aromatic rings. The number of carboxylic acid groups (broad SMARTS) is 1. The molecule has 3 rings (SSSR count). The van der Waals surface area contributed by atoms with E-state index in [1.165, 1.54) is 12.1 Å². The molecule has 0 atom stereocenters. The van der Waals surface area contributed by atoms with Gasteiger partial charge in [0.1, 0.15) is 0 Å².